The van der Waals surface area contributed by atoms with E-state index in [9.17, 15) is 4.39 Å². The van der Waals surface area contributed by atoms with Crippen molar-refractivity contribution in [3.05, 3.63) is 51.8 Å². The first-order chi connectivity index (χ1) is 10.1. The van der Waals surface area contributed by atoms with Crippen LogP contribution in [0.3, 0.4) is 0 Å². The van der Waals surface area contributed by atoms with Gasteiger partial charge in [0.2, 0.25) is 0 Å². The van der Waals surface area contributed by atoms with Gasteiger partial charge in [-0.3, -0.25) is 0 Å². The van der Waals surface area contributed by atoms with Crippen LogP contribution in [0.2, 0.25) is 10.0 Å². The van der Waals surface area contributed by atoms with E-state index in [1.165, 1.54) is 6.07 Å². The quantitative estimate of drug-likeness (QED) is 0.904. The van der Waals surface area contributed by atoms with Crippen LogP contribution < -0.4 is 10.5 Å². The zero-order chi connectivity index (χ0) is 15.0. The van der Waals surface area contributed by atoms with Gasteiger partial charge < -0.3 is 10.5 Å². The summed E-state index contributed by atoms with van der Waals surface area (Å²) in [6.07, 6.45) is 1.64. The lowest BCUT2D eigenvalue weighted by atomic mass is 10.00. The van der Waals surface area contributed by atoms with E-state index < -0.39 is 5.82 Å². The fourth-order valence-corrected chi connectivity index (χ4v) is 3.04. The number of benzene rings is 2. The predicted molar refractivity (Wildman–Crippen MR) is 83.6 cm³/mol. The summed E-state index contributed by atoms with van der Waals surface area (Å²) >= 11 is 12.1. The van der Waals surface area contributed by atoms with E-state index in [2.05, 4.69) is 0 Å². The van der Waals surface area contributed by atoms with Crippen LogP contribution >= 0.6 is 23.2 Å². The Morgan fingerprint density at radius 3 is 2.76 bits per heavy atom. The van der Waals surface area contributed by atoms with Gasteiger partial charge in [0.05, 0.1) is 5.02 Å². The van der Waals surface area contributed by atoms with Crippen molar-refractivity contribution in [1.29, 1.82) is 0 Å². The topological polar surface area (TPSA) is 35.2 Å². The first-order valence-electron chi connectivity index (χ1n) is 6.73. The molecular formula is C16H14Cl2FNO. The molecule has 0 saturated carbocycles. The lowest BCUT2D eigenvalue weighted by molar-refractivity contribution is 0.225. The molecule has 0 spiro atoms. The van der Waals surface area contributed by atoms with Crippen molar-refractivity contribution in [2.75, 3.05) is 6.54 Å². The van der Waals surface area contributed by atoms with Crippen LogP contribution in [0, 0.1) is 5.82 Å². The minimum Gasteiger partial charge on any atom is -0.489 e. The SMILES string of the molecule is NCCC1Cc2cc(Cl)cc(-c3ccc(F)c(Cl)c3)c2O1. The van der Waals surface area contributed by atoms with Gasteiger partial charge in [-0.15, -0.1) is 0 Å². The summed E-state index contributed by atoms with van der Waals surface area (Å²) in [6, 6.07) is 8.32. The van der Waals surface area contributed by atoms with Crippen LogP contribution in [0.1, 0.15) is 12.0 Å². The van der Waals surface area contributed by atoms with Gasteiger partial charge in [0.25, 0.3) is 0 Å². The molecule has 2 aromatic rings. The molecule has 0 aliphatic carbocycles. The third-order valence-electron chi connectivity index (χ3n) is 3.58. The highest BCUT2D eigenvalue weighted by molar-refractivity contribution is 6.31. The number of hydrogen-bond acceptors (Lipinski definition) is 2. The summed E-state index contributed by atoms with van der Waals surface area (Å²) in [7, 11) is 0. The highest BCUT2D eigenvalue weighted by atomic mass is 35.5. The van der Waals surface area contributed by atoms with Gasteiger partial charge in [-0.2, -0.15) is 0 Å². The van der Waals surface area contributed by atoms with Crippen LogP contribution in [0.4, 0.5) is 4.39 Å². The highest BCUT2D eigenvalue weighted by Crippen LogP contribution is 2.42. The fraction of sp³-hybridized carbons (Fsp3) is 0.250. The number of hydrogen-bond donors (Lipinski definition) is 1. The molecule has 0 radical (unpaired) electrons. The summed E-state index contributed by atoms with van der Waals surface area (Å²) in [5.41, 5.74) is 8.26. The Morgan fingerprint density at radius 2 is 2.05 bits per heavy atom. The molecule has 0 saturated heterocycles. The zero-order valence-electron chi connectivity index (χ0n) is 11.2. The fourth-order valence-electron chi connectivity index (χ4n) is 2.62. The molecule has 0 aromatic heterocycles. The summed E-state index contributed by atoms with van der Waals surface area (Å²) in [5.74, 6) is 0.349. The van der Waals surface area contributed by atoms with E-state index in [1.54, 1.807) is 12.1 Å². The highest BCUT2D eigenvalue weighted by Gasteiger charge is 2.26. The Labute approximate surface area is 132 Å². The molecule has 1 aliphatic rings. The van der Waals surface area contributed by atoms with E-state index >= 15 is 0 Å². The number of fused-ring (bicyclic) bond motifs is 1. The van der Waals surface area contributed by atoms with E-state index in [4.69, 9.17) is 33.7 Å². The van der Waals surface area contributed by atoms with E-state index in [0.717, 1.165) is 35.3 Å². The standard InChI is InChI=1S/C16H14Cl2FNO/c17-11-5-10-6-12(3-4-20)21-16(10)13(8-11)9-1-2-15(19)14(18)7-9/h1-2,5,7-8,12H,3-4,6,20H2. The molecule has 2 N–H and O–H groups in total. The Balaban J connectivity index is 2.06. The van der Waals surface area contributed by atoms with Crippen molar-refractivity contribution in [3.63, 3.8) is 0 Å². The van der Waals surface area contributed by atoms with Crippen molar-refractivity contribution < 1.29 is 9.13 Å². The molecule has 1 heterocycles. The van der Waals surface area contributed by atoms with Crippen molar-refractivity contribution >= 4 is 23.2 Å². The molecule has 2 aromatic carbocycles. The second-order valence-electron chi connectivity index (χ2n) is 5.09. The first kappa shape index (κ1) is 14.6. The molecule has 0 bridgehead atoms. The van der Waals surface area contributed by atoms with Gasteiger partial charge in [0.1, 0.15) is 17.7 Å². The van der Waals surface area contributed by atoms with Gasteiger partial charge in [-0.1, -0.05) is 29.3 Å². The molecule has 110 valence electrons. The summed E-state index contributed by atoms with van der Waals surface area (Å²) in [5, 5.41) is 0.707. The Morgan fingerprint density at radius 1 is 1.24 bits per heavy atom. The smallest absolute Gasteiger partial charge is 0.141 e. The lowest BCUT2D eigenvalue weighted by Crippen LogP contribution is -2.17. The van der Waals surface area contributed by atoms with Crippen molar-refractivity contribution in [2.24, 2.45) is 5.73 Å². The molecule has 0 amide bonds. The zero-order valence-corrected chi connectivity index (χ0v) is 12.7. The molecule has 1 atom stereocenters. The molecular weight excluding hydrogens is 312 g/mol. The molecule has 1 unspecified atom stereocenters. The Bertz CT molecular complexity index is 690. The van der Waals surface area contributed by atoms with E-state index in [1.807, 2.05) is 12.1 Å². The molecule has 0 fully saturated rings. The monoisotopic (exact) mass is 325 g/mol. The van der Waals surface area contributed by atoms with Crippen LogP contribution in [0.5, 0.6) is 5.75 Å². The number of ether oxygens (including phenoxy) is 1. The average molecular weight is 326 g/mol. The van der Waals surface area contributed by atoms with Crippen molar-refractivity contribution in [2.45, 2.75) is 18.9 Å². The van der Waals surface area contributed by atoms with Crippen LogP contribution in [0.15, 0.2) is 30.3 Å². The number of halogens is 3. The van der Waals surface area contributed by atoms with Gasteiger partial charge in [-0.05, 0) is 48.4 Å². The molecule has 5 heteroatoms. The van der Waals surface area contributed by atoms with Crippen LogP contribution in [-0.2, 0) is 6.42 Å². The van der Waals surface area contributed by atoms with E-state index in [0.29, 0.717) is 11.6 Å². The predicted octanol–water partition coefficient (Wildman–Crippen LogP) is 4.45. The maximum atomic E-state index is 13.3. The molecule has 21 heavy (non-hydrogen) atoms. The second kappa shape index (κ2) is 5.84. The molecule has 1 aliphatic heterocycles. The van der Waals surface area contributed by atoms with Crippen LogP contribution in [0.25, 0.3) is 11.1 Å². The van der Waals surface area contributed by atoms with Gasteiger partial charge >= 0.3 is 0 Å². The number of rotatable bonds is 3. The minimum atomic E-state index is -0.444. The minimum absolute atomic E-state index is 0.0677. The van der Waals surface area contributed by atoms with Crippen molar-refractivity contribution in [1.82, 2.24) is 0 Å². The van der Waals surface area contributed by atoms with Crippen LogP contribution in [-0.4, -0.2) is 12.6 Å². The third-order valence-corrected chi connectivity index (χ3v) is 4.09. The van der Waals surface area contributed by atoms with Crippen molar-refractivity contribution in [3.8, 4) is 16.9 Å². The normalized spacial score (nSPS) is 16.7. The average Bonchev–Trinajstić information content (AvgIpc) is 2.83. The van der Waals surface area contributed by atoms with Gasteiger partial charge in [0.15, 0.2) is 0 Å². The third kappa shape index (κ3) is 2.86. The van der Waals surface area contributed by atoms with Gasteiger partial charge in [0, 0.05) is 17.0 Å². The summed E-state index contributed by atoms with van der Waals surface area (Å²) in [6.45, 7) is 0.574. The number of nitrogens with two attached hydrogens (primary N) is 1. The Kier molecular flexibility index (Phi) is 4.07. The summed E-state index contributed by atoms with van der Waals surface area (Å²) in [4.78, 5) is 0. The maximum Gasteiger partial charge on any atom is 0.141 e. The first-order valence-corrected chi connectivity index (χ1v) is 7.48. The Hall–Kier alpha value is -1.29. The second-order valence-corrected chi connectivity index (χ2v) is 5.94. The summed E-state index contributed by atoms with van der Waals surface area (Å²) < 4.78 is 19.3. The molecule has 3 rings (SSSR count). The van der Waals surface area contributed by atoms with E-state index in [-0.39, 0.29) is 11.1 Å². The van der Waals surface area contributed by atoms with Gasteiger partial charge in [-0.25, -0.2) is 4.39 Å². The maximum absolute atomic E-state index is 13.3. The molecule has 2 nitrogen and oxygen atoms in total. The largest absolute Gasteiger partial charge is 0.489 e. The lowest BCUT2D eigenvalue weighted by Gasteiger charge is -2.12.